The number of nitrogens with zero attached hydrogens (tertiary/aromatic N) is 3. The first-order valence-electron chi connectivity index (χ1n) is 5.63. The summed E-state index contributed by atoms with van der Waals surface area (Å²) in [4.78, 5) is 22.4. The minimum Gasteiger partial charge on any atom is -0.341 e. The number of hydrogen-bond donors (Lipinski definition) is 3. The fourth-order valence-electron chi connectivity index (χ4n) is 1.31. The Balaban J connectivity index is 2.28. The van der Waals surface area contributed by atoms with Gasteiger partial charge in [-0.1, -0.05) is 0 Å². The highest BCUT2D eigenvalue weighted by atomic mass is 16.2. The van der Waals surface area contributed by atoms with E-state index in [1.807, 2.05) is 11.6 Å². The highest BCUT2D eigenvalue weighted by molar-refractivity contribution is 5.96. The number of hydrogen-bond acceptors (Lipinski definition) is 5. The van der Waals surface area contributed by atoms with Gasteiger partial charge in [0.05, 0.1) is 6.04 Å². The second kappa shape index (κ2) is 6.70. The molecule has 3 N–H and O–H groups in total. The number of carbonyl (C=O) groups is 2. The molecular formula is C10H18N6O2. The summed E-state index contributed by atoms with van der Waals surface area (Å²) in [5.41, 5.74) is 0. The van der Waals surface area contributed by atoms with Crippen LogP contribution in [0.2, 0.25) is 0 Å². The molecular weight excluding hydrogens is 236 g/mol. The standard InChI is InChI=1S/C10H18N6O2/c1-7(9(17)14-10(18)11-2)12-5-4-8-15-13-6-16(8)3/h6-7,12H,4-5H2,1-3H3,(H2,11,14,17,18). The van der Waals surface area contributed by atoms with Crippen molar-refractivity contribution in [1.82, 2.24) is 30.7 Å². The van der Waals surface area contributed by atoms with Crippen molar-refractivity contribution >= 4 is 11.9 Å². The first-order valence-corrected chi connectivity index (χ1v) is 5.63. The van der Waals surface area contributed by atoms with Gasteiger partial charge in [-0.2, -0.15) is 0 Å². The lowest BCUT2D eigenvalue weighted by atomic mass is 10.3. The lowest BCUT2D eigenvalue weighted by molar-refractivity contribution is -0.121. The molecule has 0 radical (unpaired) electrons. The molecule has 18 heavy (non-hydrogen) atoms. The maximum Gasteiger partial charge on any atom is 0.321 e. The molecule has 0 aromatic carbocycles. The van der Waals surface area contributed by atoms with Crippen molar-refractivity contribution in [2.45, 2.75) is 19.4 Å². The number of rotatable bonds is 5. The summed E-state index contributed by atoms with van der Waals surface area (Å²) in [6.07, 6.45) is 2.28. The molecule has 0 saturated carbocycles. The van der Waals surface area contributed by atoms with Crippen LogP contribution in [0.1, 0.15) is 12.7 Å². The predicted molar refractivity (Wildman–Crippen MR) is 64.8 cm³/mol. The SMILES string of the molecule is CNC(=O)NC(=O)C(C)NCCc1nncn1C. The van der Waals surface area contributed by atoms with Crippen LogP contribution >= 0.6 is 0 Å². The Bertz CT molecular complexity index is 416. The van der Waals surface area contributed by atoms with Crippen LogP contribution in [0.3, 0.4) is 0 Å². The van der Waals surface area contributed by atoms with E-state index in [0.29, 0.717) is 13.0 Å². The highest BCUT2D eigenvalue weighted by Gasteiger charge is 2.14. The molecule has 0 bridgehead atoms. The van der Waals surface area contributed by atoms with Crippen molar-refractivity contribution in [2.24, 2.45) is 7.05 Å². The monoisotopic (exact) mass is 254 g/mol. The third kappa shape index (κ3) is 4.13. The van der Waals surface area contributed by atoms with E-state index in [2.05, 4.69) is 26.1 Å². The quantitative estimate of drug-likeness (QED) is 0.612. The Morgan fingerprint density at radius 1 is 1.50 bits per heavy atom. The van der Waals surface area contributed by atoms with Gasteiger partial charge < -0.3 is 15.2 Å². The number of nitrogens with one attached hydrogen (secondary N) is 3. The molecule has 0 aliphatic heterocycles. The summed E-state index contributed by atoms with van der Waals surface area (Å²) in [5, 5.41) is 15.2. The Labute approximate surface area is 105 Å². The van der Waals surface area contributed by atoms with Crippen LogP contribution in [0, 0.1) is 0 Å². The minimum atomic E-state index is -0.512. The van der Waals surface area contributed by atoms with Crippen molar-refractivity contribution in [3.63, 3.8) is 0 Å². The highest BCUT2D eigenvalue weighted by Crippen LogP contribution is 1.92. The summed E-state index contributed by atoms with van der Waals surface area (Å²) in [7, 11) is 3.31. The van der Waals surface area contributed by atoms with Crippen LogP contribution in [0.4, 0.5) is 4.79 Å². The van der Waals surface area contributed by atoms with Crippen LogP contribution in [0.5, 0.6) is 0 Å². The predicted octanol–water partition coefficient (Wildman–Crippen LogP) is -1.21. The van der Waals surface area contributed by atoms with Crippen LogP contribution in [-0.2, 0) is 18.3 Å². The van der Waals surface area contributed by atoms with Gasteiger partial charge in [0.15, 0.2) is 0 Å². The fourth-order valence-corrected chi connectivity index (χ4v) is 1.31. The first-order chi connectivity index (χ1) is 8.54. The molecule has 0 saturated heterocycles. The van der Waals surface area contributed by atoms with Gasteiger partial charge >= 0.3 is 6.03 Å². The Morgan fingerprint density at radius 2 is 2.22 bits per heavy atom. The Morgan fingerprint density at radius 3 is 2.78 bits per heavy atom. The van der Waals surface area contributed by atoms with Gasteiger partial charge in [-0.3, -0.25) is 10.1 Å². The molecule has 8 nitrogen and oxygen atoms in total. The molecule has 1 aromatic heterocycles. The van der Waals surface area contributed by atoms with E-state index in [-0.39, 0.29) is 5.91 Å². The molecule has 8 heteroatoms. The minimum absolute atomic E-state index is 0.368. The van der Waals surface area contributed by atoms with Gasteiger partial charge in [0.1, 0.15) is 12.2 Å². The molecule has 1 heterocycles. The van der Waals surface area contributed by atoms with E-state index in [1.54, 1.807) is 13.3 Å². The van der Waals surface area contributed by atoms with Gasteiger partial charge in [0.2, 0.25) is 5.91 Å². The van der Waals surface area contributed by atoms with Crippen molar-refractivity contribution in [3.8, 4) is 0 Å². The molecule has 1 rings (SSSR count). The van der Waals surface area contributed by atoms with E-state index in [1.165, 1.54) is 7.05 Å². The van der Waals surface area contributed by atoms with Gasteiger partial charge in [0.25, 0.3) is 0 Å². The summed E-state index contributed by atoms with van der Waals surface area (Å²) >= 11 is 0. The molecule has 1 atom stereocenters. The largest absolute Gasteiger partial charge is 0.341 e. The van der Waals surface area contributed by atoms with E-state index in [4.69, 9.17) is 0 Å². The summed E-state index contributed by atoms with van der Waals surface area (Å²) in [5.74, 6) is 0.466. The van der Waals surface area contributed by atoms with Crippen molar-refractivity contribution in [3.05, 3.63) is 12.2 Å². The Kier molecular flexibility index (Phi) is 5.25. The third-order valence-electron chi connectivity index (χ3n) is 2.46. The molecule has 1 aromatic rings. The lowest BCUT2D eigenvalue weighted by Gasteiger charge is -2.12. The zero-order valence-electron chi connectivity index (χ0n) is 10.7. The van der Waals surface area contributed by atoms with E-state index < -0.39 is 12.1 Å². The molecule has 100 valence electrons. The normalized spacial score (nSPS) is 11.9. The average Bonchev–Trinajstić information content (AvgIpc) is 2.74. The van der Waals surface area contributed by atoms with Crippen LogP contribution in [-0.4, -0.2) is 46.3 Å². The second-order valence-electron chi connectivity index (χ2n) is 3.85. The van der Waals surface area contributed by atoms with Crippen LogP contribution < -0.4 is 16.0 Å². The number of urea groups is 1. The van der Waals surface area contributed by atoms with Crippen molar-refractivity contribution in [1.29, 1.82) is 0 Å². The fraction of sp³-hybridized carbons (Fsp3) is 0.600. The summed E-state index contributed by atoms with van der Waals surface area (Å²) in [6.45, 7) is 2.27. The van der Waals surface area contributed by atoms with E-state index in [9.17, 15) is 9.59 Å². The maximum absolute atomic E-state index is 11.5. The lowest BCUT2D eigenvalue weighted by Crippen LogP contribution is -2.47. The van der Waals surface area contributed by atoms with Crippen molar-refractivity contribution in [2.75, 3.05) is 13.6 Å². The molecule has 0 aliphatic carbocycles. The smallest absolute Gasteiger partial charge is 0.321 e. The van der Waals surface area contributed by atoms with Gasteiger partial charge in [0, 0.05) is 27.1 Å². The Hall–Kier alpha value is -1.96. The maximum atomic E-state index is 11.5. The number of aromatic nitrogens is 3. The molecule has 0 spiro atoms. The molecule has 3 amide bonds. The third-order valence-corrected chi connectivity index (χ3v) is 2.46. The molecule has 0 fully saturated rings. The molecule has 1 unspecified atom stereocenters. The van der Waals surface area contributed by atoms with Gasteiger partial charge in [-0.05, 0) is 6.92 Å². The second-order valence-corrected chi connectivity index (χ2v) is 3.85. The first kappa shape index (κ1) is 14.1. The number of amides is 3. The average molecular weight is 254 g/mol. The number of carbonyl (C=O) groups excluding carboxylic acids is 2. The summed E-state index contributed by atoms with van der Waals surface area (Å²) in [6, 6.07) is -0.961. The van der Waals surface area contributed by atoms with Crippen LogP contribution in [0.25, 0.3) is 0 Å². The number of imide groups is 1. The zero-order chi connectivity index (χ0) is 13.5. The van der Waals surface area contributed by atoms with Gasteiger partial charge in [-0.15, -0.1) is 10.2 Å². The summed E-state index contributed by atoms with van der Waals surface area (Å²) < 4.78 is 1.82. The zero-order valence-corrected chi connectivity index (χ0v) is 10.7. The van der Waals surface area contributed by atoms with E-state index >= 15 is 0 Å². The topological polar surface area (TPSA) is 101 Å². The molecule has 0 aliphatic rings. The number of aryl methyl sites for hydroxylation is 1. The van der Waals surface area contributed by atoms with E-state index in [0.717, 1.165) is 5.82 Å². The van der Waals surface area contributed by atoms with Crippen molar-refractivity contribution < 1.29 is 9.59 Å². The van der Waals surface area contributed by atoms with Crippen LogP contribution in [0.15, 0.2) is 6.33 Å². The van der Waals surface area contributed by atoms with Gasteiger partial charge in [-0.25, -0.2) is 4.79 Å².